The third kappa shape index (κ3) is 6.04. The number of non-ortho nitro benzene ring substituents is 1. The van der Waals surface area contributed by atoms with E-state index in [-0.39, 0.29) is 22.9 Å². The zero-order valence-electron chi connectivity index (χ0n) is 15.4. The van der Waals surface area contributed by atoms with Crippen LogP contribution < -0.4 is 10.6 Å². The van der Waals surface area contributed by atoms with Crippen LogP contribution in [-0.4, -0.2) is 41.3 Å². The minimum absolute atomic E-state index is 0.0357. The van der Waals surface area contributed by atoms with Crippen molar-refractivity contribution in [1.82, 2.24) is 4.90 Å². The maximum absolute atomic E-state index is 12.5. The van der Waals surface area contributed by atoms with Crippen molar-refractivity contribution in [2.45, 2.75) is 13.0 Å². The number of benzene rings is 2. The summed E-state index contributed by atoms with van der Waals surface area (Å²) in [5.41, 5.74) is 0.340. The molecule has 2 rings (SSSR count). The van der Waals surface area contributed by atoms with Gasteiger partial charge in [0.25, 0.3) is 5.69 Å². The van der Waals surface area contributed by atoms with E-state index >= 15 is 0 Å². The summed E-state index contributed by atoms with van der Waals surface area (Å²) in [6.07, 6.45) is 0. The minimum atomic E-state index is -0.700. The number of anilines is 2. The molecule has 29 heavy (non-hydrogen) atoms. The molecule has 0 saturated carbocycles. The van der Waals surface area contributed by atoms with Crippen LogP contribution in [0.15, 0.2) is 36.4 Å². The van der Waals surface area contributed by atoms with Gasteiger partial charge >= 0.3 is 0 Å². The summed E-state index contributed by atoms with van der Waals surface area (Å²) >= 11 is 18.0. The number of nitro groups is 1. The lowest BCUT2D eigenvalue weighted by molar-refractivity contribution is -0.384. The van der Waals surface area contributed by atoms with Crippen LogP contribution in [0, 0.1) is 10.1 Å². The predicted octanol–water partition coefficient (Wildman–Crippen LogP) is 4.45. The first-order valence-electron chi connectivity index (χ1n) is 8.29. The van der Waals surface area contributed by atoms with Gasteiger partial charge in [0.1, 0.15) is 0 Å². The van der Waals surface area contributed by atoms with Gasteiger partial charge in [0, 0.05) is 12.1 Å². The first-order valence-corrected chi connectivity index (χ1v) is 9.42. The first-order chi connectivity index (χ1) is 13.6. The molecule has 0 radical (unpaired) electrons. The third-order valence-corrected chi connectivity index (χ3v) is 5.02. The fourth-order valence-corrected chi connectivity index (χ4v) is 3.03. The highest BCUT2D eigenvalue weighted by Gasteiger charge is 2.22. The molecule has 1 atom stereocenters. The molecule has 0 saturated heterocycles. The number of amides is 2. The number of rotatable bonds is 7. The van der Waals surface area contributed by atoms with Crippen molar-refractivity contribution in [3.05, 3.63) is 61.6 Å². The number of hydrogen-bond donors (Lipinski definition) is 2. The Morgan fingerprint density at radius 1 is 1.10 bits per heavy atom. The zero-order valence-corrected chi connectivity index (χ0v) is 17.7. The topological polar surface area (TPSA) is 105 Å². The second kappa shape index (κ2) is 9.89. The molecule has 154 valence electrons. The van der Waals surface area contributed by atoms with E-state index in [0.717, 1.165) is 6.07 Å². The van der Waals surface area contributed by atoms with Crippen molar-refractivity contribution < 1.29 is 14.5 Å². The van der Waals surface area contributed by atoms with Crippen LogP contribution in [0.1, 0.15) is 6.92 Å². The molecule has 0 aliphatic rings. The minimum Gasteiger partial charge on any atom is -0.323 e. The smallest absolute Gasteiger partial charge is 0.271 e. The Hall–Kier alpha value is -2.39. The molecule has 2 aromatic rings. The van der Waals surface area contributed by atoms with Gasteiger partial charge in [0.2, 0.25) is 11.8 Å². The number of carbonyl (C=O) groups excluding carboxylic acids is 2. The van der Waals surface area contributed by atoms with Gasteiger partial charge < -0.3 is 10.6 Å². The van der Waals surface area contributed by atoms with Gasteiger partial charge in [0.05, 0.1) is 44.0 Å². The van der Waals surface area contributed by atoms with E-state index in [1.165, 1.54) is 17.0 Å². The molecule has 0 aromatic heterocycles. The normalized spacial score (nSPS) is 11.8. The monoisotopic (exact) mass is 458 g/mol. The van der Waals surface area contributed by atoms with E-state index in [1.807, 2.05) is 0 Å². The lowest BCUT2D eigenvalue weighted by Crippen LogP contribution is -2.43. The van der Waals surface area contributed by atoms with Crippen molar-refractivity contribution in [3.8, 4) is 0 Å². The SMILES string of the molecule is CC(C(=O)Nc1ccc([N+](=O)[O-])cc1Cl)N(C)CC(=O)Nc1c(Cl)cccc1Cl. The predicted molar refractivity (Wildman–Crippen MR) is 114 cm³/mol. The van der Waals surface area contributed by atoms with E-state index in [2.05, 4.69) is 10.6 Å². The number of nitro benzene ring substituents is 1. The Kier molecular flexibility index (Phi) is 7.80. The highest BCUT2D eigenvalue weighted by Crippen LogP contribution is 2.30. The molecule has 0 aliphatic carbocycles. The molecule has 0 fully saturated rings. The highest BCUT2D eigenvalue weighted by molar-refractivity contribution is 6.39. The first kappa shape index (κ1) is 22.9. The second-order valence-electron chi connectivity index (χ2n) is 6.15. The van der Waals surface area contributed by atoms with Crippen molar-refractivity contribution in [1.29, 1.82) is 0 Å². The Balaban J connectivity index is 1.98. The zero-order chi connectivity index (χ0) is 21.7. The standard InChI is InChI=1S/C18H17Cl3N4O4/c1-10(18(27)22-15-7-6-11(25(28)29)8-14(15)21)24(2)9-16(26)23-17-12(19)4-3-5-13(17)20/h3-8,10H,9H2,1-2H3,(H,22,27)(H,23,26). The number of nitrogens with one attached hydrogen (secondary N) is 2. The van der Waals surface area contributed by atoms with Gasteiger partial charge in [-0.3, -0.25) is 24.6 Å². The quantitative estimate of drug-likeness (QED) is 0.470. The Morgan fingerprint density at radius 3 is 2.28 bits per heavy atom. The molecule has 2 aromatic carbocycles. The molecular weight excluding hydrogens is 443 g/mol. The molecule has 0 spiro atoms. The molecule has 1 unspecified atom stereocenters. The molecule has 2 N–H and O–H groups in total. The van der Waals surface area contributed by atoms with Gasteiger partial charge in [-0.1, -0.05) is 40.9 Å². The third-order valence-electron chi connectivity index (χ3n) is 4.08. The maximum atomic E-state index is 12.5. The Labute approximate surface area is 181 Å². The van der Waals surface area contributed by atoms with Gasteiger partial charge in [0.15, 0.2) is 0 Å². The van der Waals surface area contributed by atoms with Crippen LogP contribution in [0.25, 0.3) is 0 Å². The Morgan fingerprint density at radius 2 is 1.72 bits per heavy atom. The van der Waals surface area contributed by atoms with Crippen LogP contribution in [-0.2, 0) is 9.59 Å². The molecule has 11 heteroatoms. The lowest BCUT2D eigenvalue weighted by Gasteiger charge is -2.23. The van der Waals surface area contributed by atoms with Crippen LogP contribution in [0.5, 0.6) is 0 Å². The number of carbonyl (C=O) groups is 2. The summed E-state index contributed by atoms with van der Waals surface area (Å²) in [7, 11) is 1.59. The molecule has 2 amide bonds. The summed E-state index contributed by atoms with van der Waals surface area (Å²) < 4.78 is 0. The summed E-state index contributed by atoms with van der Waals surface area (Å²) in [5, 5.41) is 16.6. The average molecular weight is 460 g/mol. The fourth-order valence-electron chi connectivity index (χ4n) is 2.32. The number of halogens is 3. The fraction of sp³-hybridized carbons (Fsp3) is 0.222. The van der Waals surface area contributed by atoms with Crippen molar-refractivity contribution >= 4 is 63.7 Å². The van der Waals surface area contributed by atoms with Crippen molar-refractivity contribution in [2.75, 3.05) is 24.2 Å². The number of para-hydroxylation sites is 1. The van der Waals surface area contributed by atoms with E-state index in [0.29, 0.717) is 15.7 Å². The van der Waals surface area contributed by atoms with Gasteiger partial charge in [-0.15, -0.1) is 0 Å². The summed E-state index contributed by atoms with van der Waals surface area (Å²) in [6, 6.07) is 7.87. The van der Waals surface area contributed by atoms with Gasteiger partial charge in [-0.25, -0.2) is 0 Å². The molecule has 8 nitrogen and oxygen atoms in total. The Bertz CT molecular complexity index is 934. The largest absolute Gasteiger partial charge is 0.323 e. The molecule has 0 bridgehead atoms. The van der Waals surface area contributed by atoms with Crippen molar-refractivity contribution in [2.24, 2.45) is 0 Å². The van der Waals surface area contributed by atoms with E-state index in [4.69, 9.17) is 34.8 Å². The number of nitrogens with zero attached hydrogens (tertiary/aromatic N) is 2. The van der Waals surface area contributed by atoms with E-state index in [9.17, 15) is 19.7 Å². The van der Waals surface area contributed by atoms with E-state index < -0.39 is 22.8 Å². The molecule has 0 heterocycles. The number of likely N-dealkylation sites (N-methyl/N-ethyl adjacent to an activating group) is 1. The summed E-state index contributed by atoms with van der Waals surface area (Å²) in [6.45, 7) is 1.49. The molecule has 0 aliphatic heterocycles. The van der Waals surface area contributed by atoms with Crippen LogP contribution >= 0.6 is 34.8 Å². The van der Waals surface area contributed by atoms with Crippen LogP contribution in [0.3, 0.4) is 0 Å². The summed E-state index contributed by atoms with van der Waals surface area (Å²) in [4.78, 5) is 36.4. The second-order valence-corrected chi connectivity index (χ2v) is 7.37. The summed E-state index contributed by atoms with van der Waals surface area (Å²) in [5.74, 6) is -0.845. The van der Waals surface area contributed by atoms with Gasteiger partial charge in [-0.05, 0) is 32.2 Å². The highest BCUT2D eigenvalue weighted by atomic mass is 35.5. The lowest BCUT2D eigenvalue weighted by atomic mass is 10.2. The van der Waals surface area contributed by atoms with E-state index in [1.54, 1.807) is 32.2 Å². The maximum Gasteiger partial charge on any atom is 0.271 e. The van der Waals surface area contributed by atoms with Crippen molar-refractivity contribution in [3.63, 3.8) is 0 Å². The van der Waals surface area contributed by atoms with Crippen LogP contribution in [0.2, 0.25) is 15.1 Å². The van der Waals surface area contributed by atoms with Crippen LogP contribution in [0.4, 0.5) is 17.1 Å². The molecular formula is C18H17Cl3N4O4. The average Bonchev–Trinajstić information content (AvgIpc) is 2.65. The van der Waals surface area contributed by atoms with Gasteiger partial charge in [-0.2, -0.15) is 0 Å². The number of hydrogen-bond acceptors (Lipinski definition) is 5.